The highest BCUT2D eigenvalue weighted by molar-refractivity contribution is 7.11. The average molecular weight is 298 g/mol. The molecule has 0 aliphatic heterocycles. The Morgan fingerprint density at radius 1 is 1.45 bits per heavy atom. The smallest absolute Gasteiger partial charge is 0.109 e. The number of nitrogens with zero attached hydrogens (tertiary/aromatic N) is 1. The molecule has 2 atom stereocenters. The molecule has 1 fully saturated rings. The van der Waals surface area contributed by atoms with Gasteiger partial charge in [-0.05, 0) is 26.7 Å². The van der Waals surface area contributed by atoms with E-state index in [9.17, 15) is 5.11 Å². The van der Waals surface area contributed by atoms with Crippen LogP contribution in [0.3, 0.4) is 0 Å². The topological polar surface area (TPSA) is 54.4 Å². The van der Waals surface area contributed by atoms with Crippen molar-refractivity contribution in [3.8, 4) is 0 Å². The second-order valence-electron chi connectivity index (χ2n) is 5.69. The van der Waals surface area contributed by atoms with E-state index in [4.69, 9.17) is 4.74 Å². The summed E-state index contributed by atoms with van der Waals surface area (Å²) in [7, 11) is 0. The molecule has 1 aromatic rings. The molecule has 0 amide bonds. The van der Waals surface area contributed by atoms with Crippen molar-refractivity contribution in [2.45, 2.75) is 64.2 Å². The highest BCUT2D eigenvalue weighted by Crippen LogP contribution is 2.21. The molecule has 1 aliphatic rings. The van der Waals surface area contributed by atoms with Crippen molar-refractivity contribution in [2.24, 2.45) is 0 Å². The van der Waals surface area contributed by atoms with Gasteiger partial charge in [0.2, 0.25) is 0 Å². The molecule has 114 valence electrons. The Bertz CT molecular complexity index is 391. The molecule has 1 heterocycles. The van der Waals surface area contributed by atoms with Gasteiger partial charge in [0.25, 0.3) is 0 Å². The maximum atomic E-state index is 9.98. The number of aryl methyl sites for hydroxylation is 1. The van der Waals surface area contributed by atoms with Crippen LogP contribution < -0.4 is 5.32 Å². The Hall–Kier alpha value is -0.490. The van der Waals surface area contributed by atoms with Crippen LogP contribution in [0.15, 0.2) is 6.20 Å². The third kappa shape index (κ3) is 5.13. The summed E-state index contributed by atoms with van der Waals surface area (Å²) in [6, 6.07) is 0.179. The lowest BCUT2D eigenvalue weighted by Crippen LogP contribution is -2.33. The standard InChI is InChI=1S/C15H26N2O2S/c1-11-8-17-15(20-11)12(2)16-9-13(18)10-19-14-6-4-3-5-7-14/h8,12-14,16,18H,3-7,9-10H2,1-2H3. The van der Waals surface area contributed by atoms with Gasteiger partial charge >= 0.3 is 0 Å². The minimum absolute atomic E-state index is 0.179. The molecule has 5 heteroatoms. The minimum atomic E-state index is -0.444. The van der Waals surface area contributed by atoms with E-state index < -0.39 is 6.10 Å². The van der Waals surface area contributed by atoms with Crippen molar-refractivity contribution in [1.29, 1.82) is 0 Å². The normalized spacial score (nSPS) is 19.9. The van der Waals surface area contributed by atoms with Crippen LogP contribution in [0.2, 0.25) is 0 Å². The molecule has 4 nitrogen and oxygen atoms in total. The fraction of sp³-hybridized carbons (Fsp3) is 0.800. The van der Waals surface area contributed by atoms with Gasteiger partial charge in [-0.25, -0.2) is 4.98 Å². The number of rotatable bonds is 7. The molecule has 2 rings (SSSR count). The van der Waals surface area contributed by atoms with Gasteiger partial charge in [-0.1, -0.05) is 19.3 Å². The second kappa shape index (κ2) is 8.08. The molecule has 1 aromatic heterocycles. The van der Waals surface area contributed by atoms with Gasteiger partial charge in [0.15, 0.2) is 0 Å². The Kier molecular flexibility index (Phi) is 6.42. The number of aromatic nitrogens is 1. The molecule has 0 spiro atoms. The molecule has 2 N–H and O–H groups in total. The number of aliphatic hydroxyl groups excluding tert-OH is 1. The Morgan fingerprint density at radius 3 is 2.85 bits per heavy atom. The van der Waals surface area contributed by atoms with Crippen molar-refractivity contribution in [3.63, 3.8) is 0 Å². The van der Waals surface area contributed by atoms with Gasteiger partial charge in [0.1, 0.15) is 5.01 Å². The lowest BCUT2D eigenvalue weighted by Gasteiger charge is -2.24. The number of nitrogens with one attached hydrogen (secondary N) is 1. The summed E-state index contributed by atoms with van der Waals surface area (Å²) in [5.41, 5.74) is 0. The average Bonchev–Trinajstić information content (AvgIpc) is 2.90. The summed E-state index contributed by atoms with van der Waals surface area (Å²) < 4.78 is 5.78. The van der Waals surface area contributed by atoms with Gasteiger partial charge in [0.05, 0.1) is 24.9 Å². The lowest BCUT2D eigenvalue weighted by atomic mass is 9.98. The first kappa shape index (κ1) is 15.9. The van der Waals surface area contributed by atoms with Crippen LogP contribution in [0.5, 0.6) is 0 Å². The molecule has 0 saturated heterocycles. The Labute approximate surface area is 125 Å². The number of hydrogen-bond donors (Lipinski definition) is 2. The van der Waals surface area contributed by atoms with E-state index in [0.717, 1.165) is 17.8 Å². The molecule has 20 heavy (non-hydrogen) atoms. The van der Waals surface area contributed by atoms with Gasteiger partial charge < -0.3 is 15.2 Å². The zero-order valence-corrected chi connectivity index (χ0v) is 13.3. The summed E-state index contributed by atoms with van der Waals surface area (Å²) in [6.07, 6.45) is 7.95. The van der Waals surface area contributed by atoms with E-state index in [1.54, 1.807) is 11.3 Å². The van der Waals surface area contributed by atoms with Crippen molar-refractivity contribution in [1.82, 2.24) is 10.3 Å². The summed E-state index contributed by atoms with van der Waals surface area (Å²) in [4.78, 5) is 5.57. The fourth-order valence-electron chi connectivity index (χ4n) is 2.51. The first-order chi connectivity index (χ1) is 9.65. The molecule has 0 bridgehead atoms. The minimum Gasteiger partial charge on any atom is -0.389 e. The van der Waals surface area contributed by atoms with Crippen LogP contribution >= 0.6 is 11.3 Å². The second-order valence-corrected chi connectivity index (χ2v) is 6.95. The zero-order chi connectivity index (χ0) is 14.4. The molecule has 2 unspecified atom stereocenters. The van der Waals surface area contributed by atoms with E-state index in [1.807, 2.05) is 6.20 Å². The SMILES string of the molecule is Cc1cnc(C(C)NCC(O)COC2CCCCC2)s1. The Balaban J connectivity index is 1.62. The van der Waals surface area contributed by atoms with Crippen LogP contribution in [0, 0.1) is 6.92 Å². The van der Waals surface area contributed by atoms with E-state index >= 15 is 0 Å². The first-order valence-corrected chi connectivity index (χ1v) is 8.42. The molecule has 1 aliphatic carbocycles. The zero-order valence-electron chi connectivity index (χ0n) is 12.5. The molecule has 0 aromatic carbocycles. The molecule has 1 saturated carbocycles. The number of ether oxygens (including phenoxy) is 1. The van der Waals surface area contributed by atoms with Crippen molar-refractivity contribution < 1.29 is 9.84 Å². The number of thiazole rings is 1. The van der Waals surface area contributed by atoms with Gasteiger partial charge in [-0.3, -0.25) is 0 Å². The third-order valence-corrected chi connectivity index (χ3v) is 4.84. The molecular weight excluding hydrogens is 272 g/mol. The predicted octanol–water partition coefficient (Wildman–Crippen LogP) is 2.81. The maximum Gasteiger partial charge on any atom is 0.109 e. The van der Waals surface area contributed by atoms with Crippen molar-refractivity contribution >= 4 is 11.3 Å². The van der Waals surface area contributed by atoms with Crippen LogP contribution in [-0.2, 0) is 4.74 Å². The van der Waals surface area contributed by atoms with E-state index in [2.05, 4.69) is 24.1 Å². The van der Waals surface area contributed by atoms with Crippen LogP contribution in [0.1, 0.15) is 55.0 Å². The highest BCUT2D eigenvalue weighted by atomic mass is 32.1. The predicted molar refractivity (Wildman–Crippen MR) is 82.1 cm³/mol. The monoisotopic (exact) mass is 298 g/mol. The largest absolute Gasteiger partial charge is 0.389 e. The maximum absolute atomic E-state index is 9.98. The van der Waals surface area contributed by atoms with E-state index in [1.165, 1.54) is 24.1 Å². The van der Waals surface area contributed by atoms with Crippen LogP contribution in [0.25, 0.3) is 0 Å². The van der Waals surface area contributed by atoms with Gasteiger partial charge in [-0.2, -0.15) is 0 Å². The summed E-state index contributed by atoms with van der Waals surface area (Å²) in [5, 5.41) is 14.4. The molecular formula is C15H26N2O2S. The number of hydrogen-bond acceptors (Lipinski definition) is 5. The number of aliphatic hydroxyl groups is 1. The van der Waals surface area contributed by atoms with E-state index in [-0.39, 0.29) is 6.04 Å². The fourth-order valence-corrected chi connectivity index (χ4v) is 3.31. The highest BCUT2D eigenvalue weighted by Gasteiger charge is 2.16. The van der Waals surface area contributed by atoms with Gasteiger partial charge in [-0.15, -0.1) is 11.3 Å². The first-order valence-electron chi connectivity index (χ1n) is 7.60. The van der Waals surface area contributed by atoms with Gasteiger partial charge in [0, 0.05) is 17.6 Å². The van der Waals surface area contributed by atoms with Crippen molar-refractivity contribution in [3.05, 3.63) is 16.1 Å². The summed E-state index contributed by atoms with van der Waals surface area (Å²) in [6.45, 7) is 5.11. The molecule has 0 radical (unpaired) electrons. The quantitative estimate of drug-likeness (QED) is 0.813. The summed E-state index contributed by atoms with van der Waals surface area (Å²) >= 11 is 1.70. The summed E-state index contributed by atoms with van der Waals surface area (Å²) in [5.74, 6) is 0. The van der Waals surface area contributed by atoms with Crippen LogP contribution in [0.4, 0.5) is 0 Å². The van der Waals surface area contributed by atoms with Crippen LogP contribution in [-0.4, -0.2) is 35.5 Å². The lowest BCUT2D eigenvalue weighted by molar-refractivity contribution is -0.0235. The third-order valence-electron chi connectivity index (χ3n) is 3.75. The Morgan fingerprint density at radius 2 is 2.20 bits per heavy atom. The van der Waals surface area contributed by atoms with Crippen molar-refractivity contribution in [2.75, 3.05) is 13.2 Å². The van der Waals surface area contributed by atoms with E-state index in [0.29, 0.717) is 19.3 Å².